The molecule has 0 amide bonds. The van der Waals surface area contributed by atoms with Crippen LogP contribution in [-0.2, 0) is 5.41 Å². The van der Waals surface area contributed by atoms with E-state index in [4.69, 9.17) is 11.6 Å². The summed E-state index contributed by atoms with van der Waals surface area (Å²) in [7, 11) is 0. The molecule has 0 aromatic heterocycles. The van der Waals surface area contributed by atoms with Crippen LogP contribution in [0.5, 0.6) is 0 Å². The van der Waals surface area contributed by atoms with Crippen molar-refractivity contribution in [1.29, 1.82) is 0 Å². The molecule has 2 rings (SSSR count). The molecule has 0 atom stereocenters. The maximum absolute atomic E-state index is 6.04. The van der Waals surface area contributed by atoms with Crippen LogP contribution >= 0.6 is 11.6 Å². The second-order valence-corrected chi connectivity index (χ2v) is 7.87. The Hall–Kier alpha value is -0.530. The lowest BCUT2D eigenvalue weighted by molar-refractivity contribution is 0.0450. The number of hydrogen-bond donors (Lipinski definition) is 1. The van der Waals surface area contributed by atoms with E-state index in [1.54, 1.807) is 0 Å². The molecule has 0 saturated heterocycles. The average Bonchev–Trinajstić information content (AvgIpc) is 2.32. The molecule has 112 valence electrons. The molecule has 0 unspecified atom stereocenters. The van der Waals surface area contributed by atoms with Gasteiger partial charge >= 0.3 is 0 Å². The Morgan fingerprint density at radius 1 is 1.20 bits per heavy atom. The van der Waals surface area contributed by atoms with E-state index in [1.165, 1.54) is 24.8 Å². The first-order chi connectivity index (χ1) is 9.37. The molecule has 1 aromatic carbocycles. The highest BCUT2D eigenvalue weighted by Crippen LogP contribution is 2.54. The van der Waals surface area contributed by atoms with E-state index >= 15 is 0 Å². The van der Waals surface area contributed by atoms with Crippen molar-refractivity contribution in [3.63, 3.8) is 0 Å². The standard InChI is InChI=1S/C18H28ClN/c1-5-10-20-13-18(11-15(12-18)17(2,3)4)14-6-8-16(19)9-7-14/h6-9,15,20H,5,10-13H2,1-4H3. The Kier molecular flexibility index (Phi) is 4.81. The first-order valence-electron chi connectivity index (χ1n) is 7.84. The molecule has 0 bridgehead atoms. The van der Waals surface area contributed by atoms with Crippen molar-refractivity contribution in [3.8, 4) is 0 Å². The zero-order valence-corrected chi connectivity index (χ0v) is 14.1. The second-order valence-electron chi connectivity index (χ2n) is 7.44. The predicted octanol–water partition coefficient (Wildman–Crippen LogP) is 5.03. The van der Waals surface area contributed by atoms with Crippen LogP contribution in [0.25, 0.3) is 0 Å². The molecule has 0 spiro atoms. The third kappa shape index (κ3) is 3.38. The number of rotatable bonds is 5. The van der Waals surface area contributed by atoms with Crippen molar-refractivity contribution in [3.05, 3.63) is 34.9 Å². The summed E-state index contributed by atoms with van der Waals surface area (Å²) < 4.78 is 0. The van der Waals surface area contributed by atoms with Crippen LogP contribution in [0.2, 0.25) is 5.02 Å². The van der Waals surface area contributed by atoms with Crippen LogP contribution in [0, 0.1) is 11.3 Å². The largest absolute Gasteiger partial charge is 0.316 e. The highest BCUT2D eigenvalue weighted by atomic mass is 35.5. The van der Waals surface area contributed by atoms with E-state index in [9.17, 15) is 0 Å². The summed E-state index contributed by atoms with van der Waals surface area (Å²) in [6.45, 7) is 11.5. The topological polar surface area (TPSA) is 12.0 Å². The molecule has 0 radical (unpaired) electrons. The van der Waals surface area contributed by atoms with Gasteiger partial charge in [-0.3, -0.25) is 0 Å². The van der Waals surface area contributed by atoms with Gasteiger partial charge in [-0.05, 0) is 54.8 Å². The summed E-state index contributed by atoms with van der Waals surface area (Å²) >= 11 is 6.04. The van der Waals surface area contributed by atoms with Gasteiger partial charge in [-0.25, -0.2) is 0 Å². The predicted molar refractivity (Wildman–Crippen MR) is 88.5 cm³/mol. The first-order valence-corrected chi connectivity index (χ1v) is 8.22. The molecular weight excluding hydrogens is 266 g/mol. The summed E-state index contributed by atoms with van der Waals surface area (Å²) in [6, 6.07) is 8.50. The van der Waals surface area contributed by atoms with Gasteiger partial charge < -0.3 is 5.32 Å². The molecule has 1 nitrogen and oxygen atoms in total. The minimum atomic E-state index is 0.317. The van der Waals surface area contributed by atoms with Crippen molar-refractivity contribution in [2.45, 2.75) is 52.4 Å². The zero-order chi connectivity index (χ0) is 14.8. The highest BCUT2D eigenvalue weighted by Gasteiger charge is 2.48. The van der Waals surface area contributed by atoms with Crippen molar-refractivity contribution in [1.82, 2.24) is 5.32 Å². The van der Waals surface area contributed by atoms with Gasteiger partial charge in [-0.1, -0.05) is 51.4 Å². The monoisotopic (exact) mass is 293 g/mol. The van der Waals surface area contributed by atoms with E-state index in [-0.39, 0.29) is 0 Å². The Bertz CT molecular complexity index is 424. The lowest BCUT2D eigenvalue weighted by Crippen LogP contribution is -2.52. The lowest BCUT2D eigenvalue weighted by atomic mass is 9.52. The van der Waals surface area contributed by atoms with Crippen LogP contribution in [0.1, 0.15) is 52.5 Å². The van der Waals surface area contributed by atoms with Crippen LogP contribution in [-0.4, -0.2) is 13.1 Å². The maximum Gasteiger partial charge on any atom is 0.0406 e. The third-order valence-corrected chi connectivity index (χ3v) is 5.10. The van der Waals surface area contributed by atoms with Gasteiger partial charge in [0.2, 0.25) is 0 Å². The first kappa shape index (κ1) is 15.9. The smallest absolute Gasteiger partial charge is 0.0406 e. The minimum absolute atomic E-state index is 0.317. The Morgan fingerprint density at radius 2 is 1.80 bits per heavy atom. The number of halogens is 1. The molecule has 1 aliphatic rings. The highest BCUT2D eigenvalue weighted by molar-refractivity contribution is 6.30. The Morgan fingerprint density at radius 3 is 2.30 bits per heavy atom. The minimum Gasteiger partial charge on any atom is -0.316 e. The molecule has 2 heteroatoms. The SMILES string of the molecule is CCCNCC1(c2ccc(Cl)cc2)CC(C(C)(C)C)C1. The molecule has 1 fully saturated rings. The summed E-state index contributed by atoms with van der Waals surface area (Å²) in [5.74, 6) is 0.821. The fourth-order valence-corrected chi connectivity index (χ4v) is 3.41. The van der Waals surface area contributed by atoms with Gasteiger partial charge in [0.05, 0.1) is 0 Å². The van der Waals surface area contributed by atoms with E-state index in [2.05, 4.69) is 45.1 Å². The molecule has 1 N–H and O–H groups in total. The normalized spacial score (nSPS) is 26.4. The second kappa shape index (κ2) is 6.07. The number of benzene rings is 1. The van der Waals surface area contributed by atoms with E-state index < -0.39 is 0 Å². The average molecular weight is 294 g/mol. The van der Waals surface area contributed by atoms with Gasteiger partial charge in [-0.2, -0.15) is 0 Å². The third-order valence-electron chi connectivity index (χ3n) is 4.85. The van der Waals surface area contributed by atoms with Gasteiger partial charge in [-0.15, -0.1) is 0 Å². The van der Waals surface area contributed by atoms with Crippen LogP contribution in [0.4, 0.5) is 0 Å². The fourth-order valence-electron chi connectivity index (χ4n) is 3.29. The fraction of sp³-hybridized carbons (Fsp3) is 0.667. The van der Waals surface area contributed by atoms with Gasteiger partial charge in [0.25, 0.3) is 0 Å². The molecule has 1 aromatic rings. The summed E-state index contributed by atoms with van der Waals surface area (Å²) in [5.41, 5.74) is 2.18. The van der Waals surface area contributed by atoms with Gasteiger partial charge in [0, 0.05) is 17.0 Å². The van der Waals surface area contributed by atoms with Crippen molar-refractivity contribution >= 4 is 11.6 Å². The Labute approximate surface area is 129 Å². The van der Waals surface area contributed by atoms with Gasteiger partial charge in [0.1, 0.15) is 0 Å². The summed E-state index contributed by atoms with van der Waals surface area (Å²) in [6.07, 6.45) is 3.77. The number of nitrogens with one attached hydrogen (secondary N) is 1. The molecule has 1 saturated carbocycles. The van der Waals surface area contributed by atoms with E-state index in [0.717, 1.165) is 24.0 Å². The van der Waals surface area contributed by atoms with Crippen molar-refractivity contribution < 1.29 is 0 Å². The number of hydrogen-bond acceptors (Lipinski definition) is 1. The quantitative estimate of drug-likeness (QED) is 0.751. The maximum atomic E-state index is 6.04. The Balaban J connectivity index is 2.12. The zero-order valence-electron chi connectivity index (χ0n) is 13.3. The van der Waals surface area contributed by atoms with Crippen LogP contribution in [0.15, 0.2) is 24.3 Å². The van der Waals surface area contributed by atoms with Gasteiger partial charge in [0.15, 0.2) is 0 Å². The summed E-state index contributed by atoms with van der Waals surface area (Å²) in [5, 5.41) is 4.46. The van der Waals surface area contributed by atoms with E-state index in [0.29, 0.717) is 10.8 Å². The van der Waals surface area contributed by atoms with Crippen molar-refractivity contribution in [2.24, 2.45) is 11.3 Å². The molecule has 0 aliphatic heterocycles. The van der Waals surface area contributed by atoms with Crippen LogP contribution < -0.4 is 5.32 Å². The molecule has 0 heterocycles. The molecular formula is C18H28ClN. The lowest BCUT2D eigenvalue weighted by Gasteiger charge is -2.53. The van der Waals surface area contributed by atoms with Crippen LogP contribution in [0.3, 0.4) is 0 Å². The van der Waals surface area contributed by atoms with Crippen molar-refractivity contribution in [2.75, 3.05) is 13.1 Å². The molecule has 1 aliphatic carbocycles. The molecule has 20 heavy (non-hydrogen) atoms. The summed E-state index contributed by atoms with van der Waals surface area (Å²) in [4.78, 5) is 0. The van der Waals surface area contributed by atoms with E-state index in [1.807, 2.05) is 12.1 Å².